The van der Waals surface area contributed by atoms with Gasteiger partial charge < -0.3 is 18.9 Å². The second kappa shape index (κ2) is 12.4. The Bertz CT molecular complexity index is 1310. The first kappa shape index (κ1) is 32.1. The Morgan fingerprint density at radius 3 is 1.95 bits per heavy atom. The van der Waals surface area contributed by atoms with Gasteiger partial charge in [-0.3, -0.25) is 9.80 Å². The van der Waals surface area contributed by atoms with Crippen LogP contribution in [0.15, 0.2) is 30.3 Å². The van der Waals surface area contributed by atoms with E-state index in [2.05, 4.69) is 0 Å². The Kier molecular flexibility index (Phi) is 9.26. The number of fused-ring (bicyclic) bond motifs is 1. The van der Waals surface area contributed by atoms with Crippen LogP contribution < -0.4 is 14.4 Å². The molecule has 0 aromatic heterocycles. The van der Waals surface area contributed by atoms with Crippen LogP contribution in [0.25, 0.3) is 0 Å². The number of benzene rings is 2. The molecule has 1 aliphatic heterocycles. The molecule has 0 unspecified atom stereocenters. The normalized spacial score (nSPS) is 19.1. The van der Waals surface area contributed by atoms with Gasteiger partial charge in [0.1, 0.15) is 6.10 Å². The van der Waals surface area contributed by atoms with E-state index in [1.165, 1.54) is 31.3 Å². The molecule has 0 spiro atoms. The molecule has 1 heterocycles. The maximum absolute atomic E-state index is 13.6. The van der Waals surface area contributed by atoms with Gasteiger partial charge in [-0.15, -0.1) is 0 Å². The molecule has 1 fully saturated rings. The van der Waals surface area contributed by atoms with Crippen LogP contribution in [-0.4, -0.2) is 50.6 Å². The predicted octanol–water partition coefficient (Wildman–Crippen LogP) is 7.73. The Hall–Kier alpha value is -3.84. The summed E-state index contributed by atoms with van der Waals surface area (Å²) in [6, 6.07) is 2.64. The Morgan fingerprint density at radius 1 is 0.884 bits per heavy atom. The van der Waals surface area contributed by atoms with Crippen molar-refractivity contribution in [2.45, 2.75) is 76.1 Å². The van der Waals surface area contributed by atoms with Crippen LogP contribution in [0.2, 0.25) is 0 Å². The highest BCUT2D eigenvalue weighted by molar-refractivity contribution is 5.91. The molecule has 8 nitrogen and oxygen atoms in total. The number of ether oxygens (including phenoxy) is 4. The number of methoxy groups -OCH3 is 3. The number of nitrogens with zero attached hydrogens (tertiary/aromatic N) is 2. The minimum atomic E-state index is -5.07. The monoisotopic (exact) mass is 618 g/mol. The van der Waals surface area contributed by atoms with Crippen LogP contribution >= 0.6 is 0 Å². The Balaban J connectivity index is 1.82. The minimum absolute atomic E-state index is 0.0228. The van der Waals surface area contributed by atoms with Crippen LogP contribution in [0.3, 0.4) is 0 Å². The summed E-state index contributed by atoms with van der Waals surface area (Å²) in [5.41, 5.74) is -2.80. The molecule has 1 saturated carbocycles. The summed E-state index contributed by atoms with van der Waals surface area (Å²) in [5.74, 6) is 0.484. The lowest BCUT2D eigenvalue weighted by Crippen LogP contribution is -2.48. The largest absolute Gasteiger partial charge is 0.493 e. The lowest BCUT2D eigenvalue weighted by molar-refractivity contribution is -0.143. The van der Waals surface area contributed by atoms with Crippen molar-refractivity contribution in [3.63, 3.8) is 0 Å². The molecule has 4 rings (SSSR count). The molecule has 43 heavy (non-hydrogen) atoms. The Morgan fingerprint density at radius 2 is 1.44 bits per heavy atom. The molecule has 0 bridgehead atoms. The number of halogens is 6. The van der Waals surface area contributed by atoms with Gasteiger partial charge in [0.25, 0.3) is 0 Å². The maximum Gasteiger partial charge on any atom is 0.416 e. The average Bonchev–Trinajstić information content (AvgIpc) is 3.46. The van der Waals surface area contributed by atoms with Crippen molar-refractivity contribution in [2.24, 2.45) is 0 Å². The summed E-state index contributed by atoms with van der Waals surface area (Å²) in [5, 5.41) is 0. The van der Waals surface area contributed by atoms with Crippen LogP contribution in [-0.2, 0) is 28.4 Å². The first-order chi connectivity index (χ1) is 20.2. The van der Waals surface area contributed by atoms with Crippen molar-refractivity contribution < 1.29 is 54.9 Å². The van der Waals surface area contributed by atoms with Crippen molar-refractivity contribution >= 4 is 17.9 Å². The molecular formula is C29H32F6N2O6. The molecule has 2 aliphatic rings. The SMILES string of the molecule is COC(=O)N(Cc1cc(C(F)(F)F)cc(C(F)(F)F)c1)[C@@H]1C[C@H](C)N(C(=O)OC2CCCC2)c2cc(OC)c(OC)cc21. The first-order valence-electron chi connectivity index (χ1n) is 13.6. The van der Waals surface area contributed by atoms with Gasteiger partial charge in [0.15, 0.2) is 11.5 Å². The molecular weight excluding hydrogens is 586 g/mol. The summed E-state index contributed by atoms with van der Waals surface area (Å²) >= 11 is 0. The summed E-state index contributed by atoms with van der Waals surface area (Å²) in [7, 11) is 3.81. The standard InChI is InChI=1S/C29H32F6N2O6/c1-16-9-22(36(26(38)42-4)15-17-10-18(28(30,31)32)12-19(11-17)29(33,34)35)21-13-24(40-2)25(41-3)14-23(21)37(16)27(39)43-20-7-5-6-8-20/h10-14,16,20,22H,5-9,15H2,1-4H3/t16-,22+/m0/s1. The van der Waals surface area contributed by atoms with E-state index in [1.54, 1.807) is 6.92 Å². The zero-order valence-electron chi connectivity index (χ0n) is 24.0. The number of hydrogen-bond donors (Lipinski definition) is 0. The highest BCUT2D eigenvalue weighted by Gasteiger charge is 2.42. The van der Waals surface area contributed by atoms with Crippen molar-refractivity contribution in [2.75, 3.05) is 26.2 Å². The molecule has 2 atom stereocenters. The third-order valence-electron chi connectivity index (χ3n) is 7.71. The second-order valence-corrected chi connectivity index (χ2v) is 10.5. The Labute approximate surface area is 244 Å². The molecule has 1 aliphatic carbocycles. The van der Waals surface area contributed by atoms with Gasteiger partial charge in [0.2, 0.25) is 0 Å². The highest BCUT2D eigenvalue weighted by Crippen LogP contribution is 2.47. The second-order valence-electron chi connectivity index (χ2n) is 10.5. The fourth-order valence-electron chi connectivity index (χ4n) is 5.66. The maximum atomic E-state index is 13.6. The molecule has 0 radical (unpaired) electrons. The fourth-order valence-corrected chi connectivity index (χ4v) is 5.66. The third-order valence-corrected chi connectivity index (χ3v) is 7.71. The topological polar surface area (TPSA) is 77.5 Å². The van der Waals surface area contributed by atoms with Crippen LogP contribution in [0.5, 0.6) is 11.5 Å². The van der Waals surface area contributed by atoms with E-state index in [0.717, 1.165) is 37.7 Å². The summed E-state index contributed by atoms with van der Waals surface area (Å²) in [6.45, 7) is 1.04. The average molecular weight is 619 g/mol. The number of amides is 2. The van der Waals surface area contributed by atoms with E-state index in [4.69, 9.17) is 18.9 Å². The summed E-state index contributed by atoms with van der Waals surface area (Å²) in [6.07, 6.45) is -8.64. The van der Waals surface area contributed by atoms with E-state index >= 15 is 0 Å². The fraction of sp³-hybridized carbons (Fsp3) is 0.517. The summed E-state index contributed by atoms with van der Waals surface area (Å²) in [4.78, 5) is 29.0. The lowest BCUT2D eigenvalue weighted by Gasteiger charge is -2.43. The van der Waals surface area contributed by atoms with Crippen molar-refractivity contribution in [3.05, 3.63) is 52.6 Å². The number of hydrogen-bond acceptors (Lipinski definition) is 6. The number of carbonyl (C=O) groups is 2. The van der Waals surface area contributed by atoms with Gasteiger partial charge >= 0.3 is 24.5 Å². The molecule has 2 amide bonds. The van der Waals surface area contributed by atoms with Gasteiger partial charge in [-0.25, -0.2) is 9.59 Å². The first-order valence-corrected chi connectivity index (χ1v) is 13.6. The van der Waals surface area contributed by atoms with E-state index < -0.39 is 59.9 Å². The van der Waals surface area contributed by atoms with E-state index in [9.17, 15) is 35.9 Å². The number of rotatable bonds is 6. The minimum Gasteiger partial charge on any atom is -0.493 e. The smallest absolute Gasteiger partial charge is 0.416 e. The molecule has 236 valence electrons. The zero-order valence-corrected chi connectivity index (χ0v) is 24.0. The van der Waals surface area contributed by atoms with Crippen LogP contribution in [0.4, 0.5) is 41.6 Å². The molecule has 2 aromatic carbocycles. The molecule has 2 aromatic rings. The van der Waals surface area contributed by atoms with Gasteiger partial charge in [0, 0.05) is 24.2 Å². The van der Waals surface area contributed by atoms with Crippen LogP contribution in [0, 0.1) is 0 Å². The van der Waals surface area contributed by atoms with Gasteiger partial charge in [-0.1, -0.05) is 0 Å². The van der Waals surface area contributed by atoms with Gasteiger partial charge in [-0.2, -0.15) is 26.3 Å². The predicted molar refractivity (Wildman–Crippen MR) is 142 cm³/mol. The number of carbonyl (C=O) groups excluding carboxylic acids is 2. The lowest BCUT2D eigenvalue weighted by atomic mass is 9.90. The van der Waals surface area contributed by atoms with Crippen molar-refractivity contribution in [3.8, 4) is 11.5 Å². The van der Waals surface area contributed by atoms with Crippen LogP contribution in [0.1, 0.15) is 67.3 Å². The number of alkyl halides is 6. The highest BCUT2D eigenvalue weighted by atomic mass is 19.4. The quantitative estimate of drug-likeness (QED) is 0.309. The molecule has 0 saturated heterocycles. The zero-order chi connectivity index (χ0) is 31.7. The van der Waals surface area contributed by atoms with Crippen molar-refractivity contribution in [1.82, 2.24) is 4.90 Å². The van der Waals surface area contributed by atoms with E-state index in [-0.39, 0.29) is 30.1 Å². The molecule has 14 heteroatoms. The van der Waals surface area contributed by atoms with Crippen molar-refractivity contribution in [1.29, 1.82) is 0 Å². The number of anilines is 1. The van der Waals surface area contributed by atoms with E-state index in [1.807, 2.05) is 0 Å². The van der Waals surface area contributed by atoms with E-state index in [0.29, 0.717) is 23.4 Å². The van der Waals surface area contributed by atoms with Gasteiger partial charge in [0.05, 0.1) is 44.2 Å². The third kappa shape index (κ3) is 6.88. The van der Waals surface area contributed by atoms with Gasteiger partial charge in [-0.05, 0) is 68.9 Å². The molecule has 0 N–H and O–H groups in total. The summed E-state index contributed by atoms with van der Waals surface area (Å²) < 4.78 is 103.